The minimum absolute atomic E-state index is 0.130. The van der Waals surface area contributed by atoms with Crippen LogP contribution in [0.2, 0.25) is 0 Å². The molecule has 3 unspecified atom stereocenters. The first kappa shape index (κ1) is 18.2. The second kappa shape index (κ2) is 7.32. The zero-order chi connectivity index (χ0) is 18.0. The van der Waals surface area contributed by atoms with Gasteiger partial charge in [0.1, 0.15) is 0 Å². The lowest BCUT2D eigenvalue weighted by Gasteiger charge is -2.31. The van der Waals surface area contributed by atoms with E-state index in [1.807, 2.05) is 42.5 Å². The lowest BCUT2D eigenvalue weighted by molar-refractivity contribution is -0.219. The minimum atomic E-state index is -4.63. The van der Waals surface area contributed by atoms with Gasteiger partial charge in [0.05, 0.1) is 6.10 Å². The summed E-state index contributed by atoms with van der Waals surface area (Å²) in [7, 11) is 0. The van der Waals surface area contributed by atoms with E-state index in [0.29, 0.717) is 25.8 Å². The van der Waals surface area contributed by atoms with Crippen LogP contribution in [-0.4, -0.2) is 52.6 Å². The molecule has 1 saturated heterocycles. The Labute approximate surface area is 144 Å². The molecule has 6 heteroatoms. The summed E-state index contributed by atoms with van der Waals surface area (Å²) in [6, 6.07) is 12.8. The summed E-state index contributed by atoms with van der Waals surface area (Å²) in [5.74, 6) is 0. The lowest BCUT2D eigenvalue weighted by Crippen LogP contribution is -2.49. The van der Waals surface area contributed by atoms with Gasteiger partial charge in [-0.3, -0.25) is 4.90 Å². The van der Waals surface area contributed by atoms with Crippen molar-refractivity contribution in [2.24, 2.45) is 0 Å². The minimum Gasteiger partial charge on any atom is -0.391 e. The van der Waals surface area contributed by atoms with E-state index in [1.54, 1.807) is 4.90 Å². The van der Waals surface area contributed by atoms with E-state index in [2.05, 4.69) is 0 Å². The van der Waals surface area contributed by atoms with Crippen LogP contribution >= 0.6 is 0 Å². The Balaban J connectivity index is 1.63. The third kappa shape index (κ3) is 4.32. The topological polar surface area (TPSA) is 43.7 Å². The second-order valence-electron chi connectivity index (χ2n) is 6.73. The van der Waals surface area contributed by atoms with Crippen molar-refractivity contribution in [3.63, 3.8) is 0 Å². The van der Waals surface area contributed by atoms with Crippen molar-refractivity contribution in [1.82, 2.24) is 4.90 Å². The van der Waals surface area contributed by atoms with E-state index in [9.17, 15) is 23.4 Å². The fourth-order valence-corrected chi connectivity index (χ4v) is 3.63. The van der Waals surface area contributed by atoms with Gasteiger partial charge in [-0.1, -0.05) is 42.5 Å². The van der Waals surface area contributed by atoms with E-state index in [-0.39, 0.29) is 6.54 Å². The maximum atomic E-state index is 12.8. The average Bonchev–Trinajstić information content (AvgIpc) is 3.00. The predicted molar refractivity (Wildman–Crippen MR) is 90.3 cm³/mol. The fraction of sp³-hybridized carbons (Fsp3) is 0.474. The molecule has 3 atom stereocenters. The Morgan fingerprint density at radius 1 is 1.08 bits per heavy atom. The molecule has 0 saturated carbocycles. The highest BCUT2D eigenvalue weighted by atomic mass is 19.4. The summed E-state index contributed by atoms with van der Waals surface area (Å²) >= 11 is 0. The molecule has 2 N–H and O–H groups in total. The van der Waals surface area contributed by atoms with E-state index >= 15 is 0 Å². The molecule has 1 aliphatic heterocycles. The molecule has 1 aliphatic rings. The standard InChI is InChI=1S/C19H22F3NO2/c20-19(21,22)18(25)17-6-3-9-23(17)12-16(24)11-13-7-8-14-4-1-2-5-15(14)10-13/h1-2,4-5,7-8,10,16-18,24-25H,3,6,9,11-12H2. The molecule has 0 amide bonds. The van der Waals surface area contributed by atoms with Crippen LogP contribution in [0.3, 0.4) is 0 Å². The van der Waals surface area contributed by atoms with Crippen LogP contribution in [0.1, 0.15) is 18.4 Å². The molecule has 0 bridgehead atoms. The van der Waals surface area contributed by atoms with Gasteiger partial charge < -0.3 is 10.2 Å². The van der Waals surface area contributed by atoms with Crippen molar-refractivity contribution in [3.8, 4) is 0 Å². The van der Waals surface area contributed by atoms with Crippen molar-refractivity contribution in [3.05, 3.63) is 48.0 Å². The number of halogens is 3. The molecule has 1 fully saturated rings. The highest BCUT2D eigenvalue weighted by molar-refractivity contribution is 5.82. The van der Waals surface area contributed by atoms with Gasteiger partial charge in [-0.05, 0) is 42.1 Å². The van der Waals surface area contributed by atoms with Crippen LogP contribution in [0.15, 0.2) is 42.5 Å². The van der Waals surface area contributed by atoms with Gasteiger partial charge in [0, 0.05) is 12.6 Å². The molecule has 25 heavy (non-hydrogen) atoms. The molecule has 3 nitrogen and oxygen atoms in total. The first-order valence-electron chi connectivity index (χ1n) is 8.49. The number of hydrogen-bond acceptors (Lipinski definition) is 3. The van der Waals surface area contributed by atoms with Crippen LogP contribution in [0.4, 0.5) is 13.2 Å². The van der Waals surface area contributed by atoms with E-state index in [4.69, 9.17) is 0 Å². The molecule has 0 aliphatic carbocycles. The van der Waals surface area contributed by atoms with Crippen LogP contribution in [0.5, 0.6) is 0 Å². The third-order valence-electron chi connectivity index (χ3n) is 4.84. The Morgan fingerprint density at radius 2 is 1.80 bits per heavy atom. The van der Waals surface area contributed by atoms with Crippen molar-refractivity contribution in [2.45, 2.75) is 43.7 Å². The maximum absolute atomic E-state index is 12.8. The van der Waals surface area contributed by atoms with Gasteiger partial charge >= 0.3 is 6.18 Å². The largest absolute Gasteiger partial charge is 0.415 e. The zero-order valence-corrected chi connectivity index (χ0v) is 13.8. The number of fused-ring (bicyclic) bond motifs is 1. The number of nitrogens with zero attached hydrogens (tertiary/aromatic N) is 1. The summed E-state index contributed by atoms with van der Waals surface area (Å²) in [5.41, 5.74) is 0.943. The van der Waals surface area contributed by atoms with Gasteiger partial charge in [-0.2, -0.15) is 13.2 Å². The Kier molecular flexibility index (Phi) is 5.32. The summed E-state index contributed by atoms with van der Waals surface area (Å²) in [6.07, 6.45) is -6.50. The fourth-order valence-electron chi connectivity index (χ4n) is 3.63. The molecule has 0 aromatic heterocycles. The molecule has 136 valence electrons. The molecule has 2 aromatic carbocycles. The van der Waals surface area contributed by atoms with Gasteiger partial charge in [-0.15, -0.1) is 0 Å². The number of rotatable bonds is 5. The molecule has 1 heterocycles. The van der Waals surface area contributed by atoms with Crippen molar-refractivity contribution in [2.75, 3.05) is 13.1 Å². The van der Waals surface area contributed by atoms with Crippen LogP contribution in [0.25, 0.3) is 10.8 Å². The number of hydrogen-bond donors (Lipinski definition) is 2. The average molecular weight is 353 g/mol. The van der Waals surface area contributed by atoms with Crippen molar-refractivity contribution in [1.29, 1.82) is 0 Å². The number of aliphatic hydroxyl groups is 2. The Hall–Kier alpha value is -1.63. The van der Waals surface area contributed by atoms with E-state index in [0.717, 1.165) is 16.3 Å². The molecular formula is C19H22F3NO2. The number of alkyl halides is 3. The van der Waals surface area contributed by atoms with Crippen LogP contribution < -0.4 is 0 Å². The summed E-state index contributed by atoms with van der Waals surface area (Å²) in [5, 5.41) is 22.0. The molecule has 0 spiro atoms. The number of likely N-dealkylation sites (tertiary alicyclic amines) is 1. The molecular weight excluding hydrogens is 331 g/mol. The first-order valence-corrected chi connectivity index (χ1v) is 8.49. The highest BCUT2D eigenvalue weighted by Gasteiger charge is 2.47. The lowest BCUT2D eigenvalue weighted by atomic mass is 10.0. The Morgan fingerprint density at radius 3 is 2.52 bits per heavy atom. The number of aliphatic hydroxyl groups excluding tert-OH is 2. The second-order valence-corrected chi connectivity index (χ2v) is 6.73. The van der Waals surface area contributed by atoms with Gasteiger partial charge in [0.15, 0.2) is 6.10 Å². The van der Waals surface area contributed by atoms with Gasteiger partial charge in [-0.25, -0.2) is 0 Å². The molecule has 3 rings (SSSR count). The zero-order valence-electron chi connectivity index (χ0n) is 13.8. The third-order valence-corrected chi connectivity index (χ3v) is 4.84. The van der Waals surface area contributed by atoms with Gasteiger partial charge in [0.2, 0.25) is 0 Å². The summed E-state index contributed by atoms with van der Waals surface area (Å²) < 4.78 is 38.3. The Bertz CT molecular complexity index is 719. The predicted octanol–water partition coefficient (Wildman–Crippen LogP) is 3.13. The van der Waals surface area contributed by atoms with Gasteiger partial charge in [0.25, 0.3) is 0 Å². The van der Waals surface area contributed by atoms with Crippen molar-refractivity contribution < 1.29 is 23.4 Å². The first-order chi connectivity index (χ1) is 11.8. The maximum Gasteiger partial charge on any atom is 0.415 e. The monoisotopic (exact) mass is 353 g/mol. The number of β-amino-alcohol motifs (C(OH)–C–C–N with tert-alkyl or cyclic N) is 1. The SMILES string of the molecule is OC(Cc1ccc2ccccc2c1)CN1CCCC1C(O)C(F)(F)F. The normalized spacial score (nSPS) is 21.6. The van der Waals surface area contributed by atoms with Crippen LogP contribution in [-0.2, 0) is 6.42 Å². The summed E-state index contributed by atoms with van der Waals surface area (Å²) in [6.45, 7) is 0.594. The number of benzene rings is 2. The van der Waals surface area contributed by atoms with E-state index in [1.165, 1.54) is 0 Å². The quantitative estimate of drug-likeness (QED) is 0.868. The molecule has 2 aromatic rings. The van der Waals surface area contributed by atoms with Crippen molar-refractivity contribution >= 4 is 10.8 Å². The summed E-state index contributed by atoms with van der Waals surface area (Å²) in [4.78, 5) is 1.56. The highest BCUT2D eigenvalue weighted by Crippen LogP contribution is 2.30. The molecule has 0 radical (unpaired) electrons. The van der Waals surface area contributed by atoms with Crippen LogP contribution in [0, 0.1) is 0 Å². The van der Waals surface area contributed by atoms with E-state index < -0.39 is 24.4 Å². The smallest absolute Gasteiger partial charge is 0.391 e.